The fourth-order valence-corrected chi connectivity index (χ4v) is 4.38. The van der Waals surface area contributed by atoms with Crippen molar-refractivity contribution in [3.05, 3.63) is 48.0 Å². The number of ether oxygens (including phenoxy) is 2. The zero-order valence-electron chi connectivity index (χ0n) is 16.4. The van der Waals surface area contributed by atoms with Crippen LogP contribution in [0.25, 0.3) is 0 Å². The van der Waals surface area contributed by atoms with Gasteiger partial charge in [-0.25, -0.2) is 19.2 Å². The first-order valence-electron chi connectivity index (χ1n) is 9.67. The average molecular weight is 461 g/mol. The van der Waals surface area contributed by atoms with E-state index in [1.54, 1.807) is 18.2 Å². The van der Waals surface area contributed by atoms with Gasteiger partial charge in [-0.2, -0.15) is 0 Å². The minimum Gasteiger partial charge on any atom is -0.454 e. The van der Waals surface area contributed by atoms with Gasteiger partial charge in [0.25, 0.3) is 0 Å². The van der Waals surface area contributed by atoms with Crippen LogP contribution in [0.1, 0.15) is 0 Å². The van der Waals surface area contributed by atoms with Gasteiger partial charge in [-0.1, -0.05) is 11.8 Å². The van der Waals surface area contributed by atoms with Gasteiger partial charge in [-0.05, 0) is 24.3 Å². The lowest BCUT2D eigenvalue weighted by molar-refractivity contribution is -0.121. The molecule has 0 saturated carbocycles. The number of hydrogen-bond acceptors (Lipinski definition) is 8. The van der Waals surface area contributed by atoms with E-state index in [-0.39, 0.29) is 35.2 Å². The van der Waals surface area contributed by atoms with Gasteiger partial charge >= 0.3 is 0 Å². The molecule has 3 aliphatic rings. The summed E-state index contributed by atoms with van der Waals surface area (Å²) in [5.74, 6) is -2.20. The minimum atomic E-state index is -1.08. The van der Waals surface area contributed by atoms with Crippen molar-refractivity contribution >= 4 is 40.1 Å². The summed E-state index contributed by atoms with van der Waals surface area (Å²) in [6, 6.07) is 8.22. The number of amidine groups is 1. The summed E-state index contributed by atoms with van der Waals surface area (Å²) < 4.78 is 37.8. The highest BCUT2D eigenvalue weighted by Crippen LogP contribution is 2.34. The molecule has 1 fully saturated rings. The number of hydrazine groups is 1. The standard InChI is InChI=1S/C20H17F2N5O4S/c21-13-3-2-11(6-14(13)22)27-19(29)12-7-23-26-18(12)25-20(27)32-8-17(28)24-10-1-4-15-16(5-10)31-9-30-15/h1-6,12,18,23,26H,7-9H2,(H,24,28). The molecule has 32 heavy (non-hydrogen) atoms. The number of halogens is 2. The maximum Gasteiger partial charge on any atom is 0.241 e. The molecule has 2 aromatic carbocycles. The predicted octanol–water partition coefficient (Wildman–Crippen LogP) is 1.82. The highest BCUT2D eigenvalue weighted by Gasteiger charge is 2.42. The van der Waals surface area contributed by atoms with Crippen molar-refractivity contribution in [3.63, 3.8) is 0 Å². The first-order valence-corrected chi connectivity index (χ1v) is 10.7. The first kappa shape index (κ1) is 20.7. The molecule has 0 radical (unpaired) electrons. The molecule has 3 N–H and O–H groups in total. The van der Waals surface area contributed by atoms with Crippen LogP contribution in [0, 0.1) is 17.6 Å². The molecule has 0 bridgehead atoms. The lowest BCUT2D eigenvalue weighted by Crippen LogP contribution is -2.49. The second-order valence-electron chi connectivity index (χ2n) is 7.17. The van der Waals surface area contributed by atoms with Gasteiger partial charge in [0.05, 0.1) is 17.4 Å². The number of anilines is 2. The zero-order chi connectivity index (χ0) is 22.2. The van der Waals surface area contributed by atoms with E-state index in [9.17, 15) is 18.4 Å². The Kier molecular flexibility index (Phi) is 5.41. The fourth-order valence-electron chi connectivity index (χ4n) is 3.53. The van der Waals surface area contributed by atoms with E-state index >= 15 is 0 Å². The van der Waals surface area contributed by atoms with E-state index in [0.29, 0.717) is 23.7 Å². The molecule has 0 aliphatic carbocycles. The number of aliphatic imine (C=N–C) groups is 1. The van der Waals surface area contributed by atoms with Crippen LogP contribution in [0.3, 0.4) is 0 Å². The Bertz CT molecular complexity index is 1130. The number of fused-ring (bicyclic) bond motifs is 2. The molecular weight excluding hydrogens is 444 g/mol. The maximum atomic E-state index is 13.8. The third-order valence-corrected chi connectivity index (χ3v) is 6.03. The number of benzene rings is 2. The average Bonchev–Trinajstić information content (AvgIpc) is 3.43. The Labute approximate surface area is 185 Å². The van der Waals surface area contributed by atoms with Crippen molar-refractivity contribution in [2.75, 3.05) is 29.3 Å². The molecule has 0 aromatic heterocycles. The molecule has 1 saturated heterocycles. The molecule has 2 amide bonds. The number of carbonyl (C=O) groups is 2. The number of carbonyl (C=O) groups excluding carboxylic acids is 2. The summed E-state index contributed by atoms with van der Waals surface area (Å²) in [5, 5.41) is 2.96. The Morgan fingerprint density at radius 3 is 2.88 bits per heavy atom. The van der Waals surface area contributed by atoms with Crippen molar-refractivity contribution in [3.8, 4) is 11.5 Å². The molecule has 0 spiro atoms. The summed E-state index contributed by atoms with van der Waals surface area (Å²) in [4.78, 5) is 31.3. The molecule has 2 unspecified atom stereocenters. The van der Waals surface area contributed by atoms with Gasteiger partial charge in [0.2, 0.25) is 18.6 Å². The van der Waals surface area contributed by atoms with Crippen LogP contribution in [0.4, 0.5) is 20.2 Å². The number of nitrogens with zero attached hydrogens (tertiary/aromatic N) is 2. The molecule has 2 atom stereocenters. The Morgan fingerprint density at radius 1 is 1.19 bits per heavy atom. The van der Waals surface area contributed by atoms with Crippen LogP contribution in [-0.4, -0.2) is 42.2 Å². The van der Waals surface area contributed by atoms with E-state index < -0.39 is 23.7 Å². The van der Waals surface area contributed by atoms with Crippen LogP contribution < -0.4 is 30.5 Å². The number of thioether (sulfide) groups is 1. The molecule has 12 heteroatoms. The minimum absolute atomic E-state index is 0.0639. The Balaban J connectivity index is 1.33. The lowest BCUT2D eigenvalue weighted by atomic mass is 10.0. The molecule has 5 rings (SSSR count). The van der Waals surface area contributed by atoms with Crippen LogP contribution in [0.15, 0.2) is 41.4 Å². The number of nitrogens with one attached hydrogen (secondary N) is 3. The van der Waals surface area contributed by atoms with Crippen molar-refractivity contribution < 1.29 is 27.8 Å². The topological polar surface area (TPSA) is 104 Å². The van der Waals surface area contributed by atoms with Gasteiger partial charge in [0.15, 0.2) is 28.3 Å². The van der Waals surface area contributed by atoms with Crippen LogP contribution in [-0.2, 0) is 9.59 Å². The quantitative estimate of drug-likeness (QED) is 0.638. The Morgan fingerprint density at radius 2 is 2.03 bits per heavy atom. The molecular formula is C20H17F2N5O4S. The third-order valence-electron chi connectivity index (χ3n) is 5.08. The lowest BCUT2D eigenvalue weighted by Gasteiger charge is -2.32. The molecule has 3 aliphatic heterocycles. The van der Waals surface area contributed by atoms with Crippen molar-refractivity contribution in [2.24, 2.45) is 10.9 Å². The monoisotopic (exact) mass is 461 g/mol. The summed E-state index contributed by atoms with van der Waals surface area (Å²) in [6.07, 6.45) is -0.511. The van der Waals surface area contributed by atoms with Gasteiger partial charge in [-0.3, -0.25) is 19.9 Å². The van der Waals surface area contributed by atoms with Crippen molar-refractivity contribution in [1.82, 2.24) is 10.9 Å². The molecule has 2 aromatic rings. The summed E-state index contributed by atoms with van der Waals surface area (Å²) in [6.45, 7) is 0.469. The highest BCUT2D eigenvalue weighted by atomic mass is 32.2. The van der Waals surface area contributed by atoms with Gasteiger partial charge in [-0.15, -0.1) is 0 Å². The van der Waals surface area contributed by atoms with Crippen LogP contribution >= 0.6 is 11.8 Å². The van der Waals surface area contributed by atoms with Crippen LogP contribution in [0.2, 0.25) is 0 Å². The third kappa shape index (κ3) is 3.87. The van der Waals surface area contributed by atoms with Gasteiger partial charge in [0, 0.05) is 24.4 Å². The summed E-state index contributed by atoms with van der Waals surface area (Å²) in [5.41, 5.74) is 6.45. The number of hydrogen-bond donors (Lipinski definition) is 3. The Hall–Kier alpha value is -3.22. The van der Waals surface area contributed by atoms with E-state index in [4.69, 9.17) is 9.47 Å². The molecule has 9 nitrogen and oxygen atoms in total. The summed E-state index contributed by atoms with van der Waals surface area (Å²) >= 11 is 1.02. The zero-order valence-corrected chi connectivity index (χ0v) is 17.2. The number of rotatable bonds is 4. The largest absolute Gasteiger partial charge is 0.454 e. The van der Waals surface area contributed by atoms with Crippen molar-refractivity contribution in [1.29, 1.82) is 0 Å². The van der Waals surface area contributed by atoms with E-state index in [1.165, 1.54) is 11.0 Å². The fraction of sp³-hybridized carbons (Fsp3) is 0.250. The predicted molar refractivity (Wildman–Crippen MR) is 113 cm³/mol. The first-order chi connectivity index (χ1) is 15.5. The second-order valence-corrected chi connectivity index (χ2v) is 8.11. The summed E-state index contributed by atoms with van der Waals surface area (Å²) in [7, 11) is 0. The molecule has 3 heterocycles. The SMILES string of the molecule is O=C(CSC1=NC2NNCC2C(=O)N1c1ccc(F)c(F)c1)Nc1ccc2c(c1)OCO2. The van der Waals surface area contributed by atoms with Gasteiger partial charge in [0.1, 0.15) is 6.17 Å². The highest BCUT2D eigenvalue weighted by molar-refractivity contribution is 8.14. The number of amides is 2. The second kappa shape index (κ2) is 8.37. The van der Waals surface area contributed by atoms with Crippen molar-refractivity contribution in [2.45, 2.75) is 6.17 Å². The normalized spacial score (nSPS) is 21.4. The molecule has 166 valence electrons. The van der Waals surface area contributed by atoms with Gasteiger partial charge < -0.3 is 14.8 Å². The van der Waals surface area contributed by atoms with E-state index in [0.717, 1.165) is 23.9 Å². The smallest absolute Gasteiger partial charge is 0.241 e. The maximum absolute atomic E-state index is 13.8. The van der Waals surface area contributed by atoms with E-state index in [1.807, 2.05) is 0 Å². The van der Waals surface area contributed by atoms with E-state index in [2.05, 4.69) is 21.2 Å². The van der Waals surface area contributed by atoms with Crippen LogP contribution in [0.5, 0.6) is 11.5 Å².